The third-order valence-electron chi connectivity index (χ3n) is 2.25. The molecule has 0 aliphatic heterocycles. The summed E-state index contributed by atoms with van der Waals surface area (Å²) < 4.78 is 26.2. The monoisotopic (exact) mass is 285 g/mol. The molecule has 1 amide bonds. The number of benzene rings is 1. The molecule has 6 nitrogen and oxygen atoms in total. The summed E-state index contributed by atoms with van der Waals surface area (Å²) in [6.07, 6.45) is 0. The van der Waals surface area contributed by atoms with Crippen LogP contribution in [0, 0.1) is 0 Å². The average molecular weight is 285 g/mol. The molecule has 0 atom stereocenters. The number of carbonyl (C=O) groups excluding carboxylic acids is 1. The van der Waals surface area contributed by atoms with Crippen molar-refractivity contribution in [2.45, 2.75) is 24.8 Å². The summed E-state index contributed by atoms with van der Waals surface area (Å²) in [5.41, 5.74) is 5.68. The largest absolute Gasteiger partial charge is 0.351 e. The summed E-state index contributed by atoms with van der Waals surface area (Å²) in [5, 5.41) is 2.61. The van der Waals surface area contributed by atoms with Crippen LogP contribution in [-0.4, -0.2) is 33.5 Å². The number of nitrogens with two attached hydrogens (primary N) is 1. The number of hydrogen-bond donors (Lipinski definition) is 3. The van der Waals surface area contributed by atoms with Crippen LogP contribution in [-0.2, 0) is 10.0 Å². The Morgan fingerprint density at radius 2 is 1.84 bits per heavy atom. The summed E-state index contributed by atoms with van der Waals surface area (Å²) in [6, 6.07) is 5.57. The van der Waals surface area contributed by atoms with Crippen molar-refractivity contribution in [3.05, 3.63) is 29.8 Å². The number of hydrogen-bond acceptors (Lipinski definition) is 4. The molecule has 0 aliphatic rings. The van der Waals surface area contributed by atoms with Gasteiger partial charge in [0.25, 0.3) is 5.91 Å². The zero-order chi connectivity index (χ0) is 14.5. The van der Waals surface area contributed by atoms with E-state index in [1.165, 1.54) is 24.3 Å². The molecular weight excluding hydrogens is 266 g/mol. The molecule has 0 radical (unpaired) electrons. The molecule has 1 rings (SSSR count). The van der Waals surface area contributed by atoms with Crippen LogP contribution in [0.2, 0.25) is 0 Å². The number of rotatable bonds is 6. The van der Waals surface area contributed by atoms with Crippen LogP contribution >= 0.6 is 0 Å². The van der Waals surface area contributed by atoms with E-state index in [9.17, 15) is 13.2 Å². The minimum Gasteiger partial charge on any atom is -0.351 e. The number of sulfonamides is 1. The Kier molecular flexibility index (Phi) is 5.46. The summed E-state index contributed by atoms with van der Waals surface area (Å²) in [7, 11) is -3.52. The van der Waals surface area contributed by atoms with Crippen molar-refractivity contribution in [2.24, 2.45) is 5.73 Å². The van der Waals surface area contributed by atoms with Gasteiger partial charge in [0.15, 0.2) is 0 Å². The lowest BCUT2D eigenvalue weighted by Gasteiger charge is -2.10. The molecule has 0 unspecified atom stereocenters. The van der Waals surface area contributed by atoms with Gasteiger partial charge >= 0.3 is 0 Å². The predicted octanol–water partition coefficient (Wildman–Crippen LogP) is 0.0618. The Morgan fingerprint density at radius 1 is 1.26 bits per heavy atom. The van der Waals surface area contributed by atoms with Crippen molar-refractivity contribution in [3.8, 4) is 0 Å². The lowest BCUT2D eigenvalue weighted by atomic mass is 10.2. The maximum absolute atomic E-state index is 11.9. The first kappa shape index (κ1) is 15.6. The van der Waals surface area contributed by atoms with E-state index >= 15 is 0 Å². The van der Waals surface area contributed by atoms with Gasteiger partial charge < -0.3 is 11.1 Å². The molecule has 7 heteroatoms. The van der Waals surface area contributed by atoms with E-state index < -0.39 is 10.0 Å². The molecule has 0 heterocycles. The second-order valence-corrected chi connectivity index (χ2v) is 6.06. The van der Waals surface area contributed by atoms with Crippen molar-refractivity contribution in [3.63, 3.8) is 0 Å². The van der Waals surface area contributed by atoms with Crippen LogP contribution in [0.1, 0.15) is 24.2 Å². The van der Waals surface area contributed by atoms with E-state index in [1.807, 2.05) is 0 Å². The first-order chi connectivity index (χ1) is 8.86. The Bertz CT molecular complexity index is 524. The van der Waals surface area contributed by atoms with Crippen molar-refractivity contribution in [2.75, 3.05) is 13.1 Å². The molecule has 0 saturated carbocycles. The Hall–Kier alpha value is -1.44. The van der Waals surface area contributed by atoms with Crippen LogP contribution in [0.3, 0.4) is 0 Å². The fourth-order valence-corrected chi connectivity index (χ4v) is 2.70. The molecule has 0 fully saturated rings. The van der Waals surface area contributed by atoms with E-state index in [0.717, 1.165) is 0 Å². The highest BCUT2D eigenvalue weighted by molar-refractivity contribution is 7.89. The maximum Gasteiger partial charge on any atom is 0.251 e. The fourth-order valence-electron chi connectivity index (χ4n) is 1.45. The number of carbonyl (C=O) groups is 1. The highest BCUT2D eigenvalue weighted by Gasteiger charge is 2.15. The van der Waals surface area contributed by atoms with Crippen LogP contribution in [0.15, 0.2) is 29.2 Å². The Morgan fingerprint density at radius 3 is 2.32 bits per heavy atom. The van der Waals surface area contributed by atoms with Gasteiger partial charge in [-0.1, -0.05) is 0 Å². The quantitative estimate of drug-likeness (QED) is 0.688. The molecular formula is C12H19N3O3S. The molecule has 0 saturated heterocycles. The molecule has 106 valence electrons. The summed E-state index contributed by atoms with van der Waals surface area (Å²) >= 11 is 0. The zero-order valence-corrected chi connectivity index (χ0v) is 11.8. The van der Waals surface area contributed by atoms with E-state index in [0.29, 0.717) is 18.7 Å². The lowest BCUT2D eigenvalue weighted by molar-refractivity contribution is 0.0954. The van der Waals surface area contributed by atoms with Crippen molar-refractivity contribution in [1.29, 1.82) is 0 Å². The number of amides is 1. The van der Waals surface area contributed by atoms with Crippen molar-refractivity contribution in [1.82, 2.24) is 10.0 Å². The first-order valence-corrected chi connectivity index (χ1v) is 7.46. The molecule has 0 aromatic heterocycles. The molecule has 19 heavy (non-hydrogen) atoms. The smallest absolute Gasteiger partial charge is 0.251 e. The second-order valence-electron chi connectivity index (χ2n) is 4.34. The fraction of sp³-hybridized carbons (Fsp3) is 0.417. The Labute approximate surface area is 113 Å². The van der Waals surface area contributed by atoms with Gasteiger partial charge in [-0.05, 0) is 38.1 Å². The van der Waals surface area contributed by atoms with Gasteiger partial charge in [0, 0.05) is 24.7 Å². The normalized spacial score (nSPS) is 11.6. The van der Waals surface area contributed by atoms with Crippen LogP contribution in [0.25, 0.3) is 0 Å². The molecule has 1 aromatic rings. The van der Waals surface area contributed by atoms with Gasteiger partial charge in [-0.3, -0.25) is 4.79 Å². The number of nitrogens with one attached hydrogen (secondary N) is 2. The molecule has 0 aliphatic carbocycles. The lowest BCUT2D eigenvalue weighted by Crippen LogP contribution is -2.30. The minimum atomic E-state index is -3.52. The SMILES string of the molecule is CC(C)NS(=O)(=O)c1ccc(C(=O)NCCN)cc1. The van der Waals surface area contributed by atoms with E-state index in [4.69, 9.17) is 5.73 Å². The van der Waals surface area contributed by atoms with Gasteiger partial charge in [0.2, 0.25) is 10.0 Å². The second kappa shape index (κ2) is 6.65. The third-order valence-corrected chi connectivity index (χ3v) is 3.92. The Balaban J connectivity index is 2.85. The standard InChI is InChI=1S/C12H19N3O3S/c1-9(2)15-19(17,18)11-5-3-10(4-6-11)12(16)14-8-7-13/h3-6,9,15H,7-8,13H2,1-2H3,(H,14,16). The van der Waals surface area contributed by atoms with Gasteiger partial charge in [0.05, 0.1) is 4.90 Å². The van der Waals surface area contributed by atoms with Gasteiger partial charge in [-0.15, -0.1) is 0 Å². The van der Waals surface area contributed by atoms with Crippen LogP contribution in [0.5, 0.6) is 0 Å². The highest BCUT2D eigenvalue weighted by Crippen LogP contribution is 2.11. The molecule has 4 N–H and O–H groups in total. The van der Waals surface area contributed by atoms with Crippen molar-refractivity contribution >= 4 is 15.9 Å². The topological polar surface area (TPSA) is 101 Å². The van der Waals surface area contributed by atoms with E-state index in [2.05, 4.69) is 10.0 Å². The summed E-state index contributed by atoms with van der Waals surface area (Å²) in [5.74, 6) is -0.272. The minimum absolute atomic E-state index is 0.136. The molecule has 1 aromatic carbocycles. The van der Waals surface area contributed by atoms with Gasteiger partial charge in [-0.25, -0.2) is 13.1 Å². The van der Waals surface area contributed by atoms with Crippen LogP contribution < -0.4 is 15.8 Å². The maximum atomic E-state index is 11.9. The third kappa shape index (κ3) is 4.62. The van der Waals surface area contributed by atoms with E-state index in [1.54, 1.807) is 13.8 Å². The summed E-state index contributed by atoms with van der Waals surface area (Å²) in [6.45, 7) is 4.22. The zero-order valence-electron chi connectivity index (χ0n) is 11.0. The highest BCUT2D eigenvalue weighted by atomic mass is 32.2. The molecule has 0 bridgehead atoms. The van der Waals surface area contributed by atoms with Gasteiger partial charge in [-0.2, -0.15) is 0 Å². The predicted molar refractivity (Wildman–Crippen MR) is 73.3 cm³/mol. The van der Waals surface area contributed by atoms with E-state index in [-0.39, 0.29) is 16.8 Å². The van der Waals surface area contributed by atoms with Crippen LogP contribution in [0.4, 0.5) is 0 Å². The first-order valence-electron chi connectivity index (χ1n) is 5.97. The van der Waals surface area contributed by atoms with Crippen molar-refractivity contribution < 1.29 is 13.2 Å². The molecule has 0 spiro atoms. The average Bonchev–Trinajstić information content (AvgIpc) is 2.34. The summed E-state index contributed by atoms with van der Waals surface area (Å²) in [4.78, 5) is 11.7. The van der Waals surface area contributed by atoms with Gasteiger partial charge in [0.1, 0.15) is 0 Å².